The van der Waals surface area contributed by atoms with Crippen molar-refractivity contribution in [3.63, 3.8) is 0 Å². The quantitative estimate of drug-likeness (QED) is 0.138. The maximum atomic E-state index is 14.2. The number of piperidine rings is 2. The Morgan fingerprint density at radius 2 is 1.73 bits per heavy atom. The summed E-state index contributed by atoms with van der Waals surface area (Å²) >= 11 is 0. The number of amides is 3. The third-order valence-electron chi connectivity index (χ3n) is 16.0. The third-order valence-corrected chi connectivity index (χ3v) is 16.0. The molecule has 0 saturated carbocycles. The molecule has 3 amide bonds. The fourth-order valence-corrected chi connectivity index (χ4v) is 12.6. The van der Waals surface area contributed by atoms with Crippen LogP contribution in [0.1, 0.15) is 92.5 Å². The number of nitrogens with two attached hydrogens (primary N) is 1. The van der Waals surface area contributed by atoms with Crippen LogP contribution >= 0.6 is 0 Å². The van der Waals surface area contributed by atoms with Gasteiger partial charge in [0, 0.05) is 99.8 Å². The Balaban J connectivity index is 0.828. The highest BCUT2D eigenvalue weighted by Gasteiger charge is 2.43. The molecule has 18 nitrogen and oxygen atoms in total. The molecule has 4 saturated heterocycles. The minimum Gasteiger partial charge on any atom is -0.394 e. The number of nitrogens with zero attached hydrogens (tertiary/aromatic N) is 10. The average molecular weight is 970 g/mol. The topological polar surface area (TPSA) is 194 Å². The van der Waals surface area contributed by atoms with E-state index in [9.17, 15) is 19.5 Å². The molecule has 3 unspecified atom stereocenters. The second kappa shape index (κ2) is 19.8. The van der Waals surface area contributed by atoms with Crippen LogP contribution in [0.5, 0.6) is 0 Å². The first kappa shape index (κ1) is 48.4. The van der Waals surface area contributed by atoms with Crippen molar-refractivity contribution in [2.75, 3.05) is 95.9 Å². The van der Waals surface area contributed by atoms with Gasteiger partial charge in [0.25, 0.3) is 11.8 Å². The van der Waals surface area contributed by atoms with Crippen LogP contribution in [-0.4, -0.2) is 154 Å². The van der Waals surface area contributed by atoms with Gasteiger partial charge >= 0.3 is 0 Å². The summed E-state index contributed by atoms with van der Waals surface area (Å²) in [6.07, 6.45) is 10.2. The van der Waals surface area contributed by atoms with Crippen LogP contribution < -0.4 is 36.0 Å². The number of anilines is 7. The van der Waals surface area contributed by atoms with E-state index in [0.717, 1.165) is 102 Å². The third kappa shape index (κ3) is 9.53. The van der Waals surface area contributed by atoms with Crippen molar-refractivity contribution < 1.29 is 24.2 Å². The second-order valence-corrected chi connectivity index (χ2v) is 21.4. The van der Waals surface area contributed by atoms with E-state index >= 15 is 0 Å². The van der Waals surface area contributed by atoms with Crippen molar-refractivity contribution in [3.05, 3.63) is 84.1 Å². The Morgan fingerprint density at radius 1 is 0.901 bits per heavy atom. The molecule has 1 aliphatic carbocycles. The Bertz CT molecular complexity index is 2670. The van der Waals surface area contributed by atoms with Crippen molar-refractivity contribution in [3.8, 4) is 0 Å². The van der Waals surface area contributed by atoms with Gasteiger partial charge in [-0.05, 0) is 107 Å². The fourth-order valence-electron chi connectivity index (χ4n) is 12.6. The summed E-state index contributed by atoms with van der Waals surface area (Å²) in [6.45, 7) is 22.4. The molecule has 4 fully saturated rings. The predicted molar refractivity (Wildman–Crippen MR) is 277 cm³/mol. The lowest BCUT2D eigenvalue weighted by molar-refractivity contribution is -0.111. The van der Waals surface area contributed by atoms with Crippen LogP contribution in [-0.2, 0) is 28.9 Å². The molecule has 0 bridgehead atoms. The van der Waals surface area contributed by atoms with E-state index in [2.05, 4.69) is 99.2 Å². The molecule has 5 aliphatic heterocycles. The fraction of sp³-hybridized carbons (Fsp3) is 0.547. The van der Waals surface area contributed by atoms with Crippen LogP contribution in [0.3, 0.4) is 0 Å². The number of hydrogen-bond donors (Lipinski definition) is 4. The molecule has 6 aliphatic rings. The summed E-state index contributed by atoms with van der Waals surface area (Å²) in [5.41, 5.74) is 12.5. The highest BCUT2D eigenvalue weighted by molar-refractivity contribution is 6.02. The van der Waals surface area contributed by atoms with Crippen LogP contribution in [0.4, 0.5) is 40.2 Å². The molecule has 6 atom stereocenters. The molecule has 4 aromatic rings. The standard InChI is InChI=1S/C53H71N13O5/c1-7-48(68)58-40-25-37(10-11-41(40)62-18-17-60(30-34(62)3)38-13-16-61(33(2)23-38)39-12-14-55-46(26-39)63-21-22-71-32-35(63)4)57-51-49(50(54)69)56-29-47(59-51)65-15-8-9-42(45(65)31-67)66-20-19-64-43(52(66)70)24-36-27-53(5,6)28-44(36)64/h7,10-12,14,24-26,29,33-35,38,42,45,67H,1,8-9,13,15-23,27-28,30-32H2,2-6H3,(H2,54,69)(H,57,59)(H,58,68)/t33-,34+,35+,38?,42?,45?/m1/s1. The van der Waals surface area contributed by atoms with E-state index in [-0.39, 0.29) is 47.4 Å². The first-order chi connectivity index (χ1) is 34.2. The minimum atomic E-state index is -0.757. The number of aliphatic hydroxyl groups is 1. The van der Waals surface area contributed by atoms with Crippen LogP contribution in [0, 0.1) is 5.41 Å². The smallest absolute Gasteiger partial charge is 0.271 e. The number of carbonyl (C=O) groups excluding carboxylic acids is 3. The molecular weight excluding hydrogens is 899 g/mol. The second-order valence-electron chi connectivity index (χ2n) is 21.4. The number of hydrogen-bond acceptors (Lipinski definition) is 14. The number of morpholine rings is 1. The van der Waals surface area contributed by atoms with E-state index in [4.69, 9.17) is 20.4 Å². The van der Waals surface area contributed by atoms with Gasteiger partial charge in [-0.25, -0.2) is 15.0 Å². The predicted octanol–water partition coefficient (Wildman–Crippen LogP) is 5.04. The average Bonchev–Trinajstić information content (AvgIpc) is 3.86. The zero-order valence-corrected chi connectivity index (χ0v) is 42.0. The van der Waals surface area contributed by atoms with Gasteiger partial charge in [-0.2, -0.15) is 0 Å². The summed E-state index contributed by atoms with van der Waals surface area (Å²) in [5, 5.41) is 17.3. The van der Waals surface area contributed by atoms with Gasteiger partial charge in [-0.3, -0.25) is 19.3 Å². The van der Waals surface area contributed by atoms with Gasteiger partial charge < -0.3 is 55.3 Å². The normalized spacial score (nSPS) is 25.7. The van der Waals surface area contributed by atoms with Gasteiger partial charge in [-0.1, -0.05) is 20.4 Å². The maximum Gasteiger partial charge on any atom is 0.271 e. The Labute approximate surface area is 417 Å². The van der Waals surface area contributed by atoms with Crippen molar-refractivity contribution >= 4 is 57.9 Å². The molecule has 0 radical (unpaired) electrons. The molecule has 71 heavy (non-hydrogen) atoms. The number of piperazine rings is 1. The van der Waals surface area contributed by atoms with Crippen molar-refractivity contribution in [2.45, 2.75) is 116 Å². The number of benzene rings is 1. The first-order valence-electron chi connectivity index (χ1n) is 25.7. The van der Waals surface area contributed by atoms with Crippen LogP contribution in [0.15, 0.2) is 61.4 Å². The Hall–Kier alpha value is -6.24. The molecule has 378 valence electrons. The number of nitrogens with one attached hydrogen (secondary N) is 2. The molecule has 18 heteroatoms. The summed E-state index contributed by atoms with van der Waals surface area (Å²) in [4.78, 5) is 68.0. The Morgan fingerprint density at radius 3 is 2.49 bits per heavy atom. The number of primary amides is 1. The number of fused-ring (bicyclic) bond motifs is 3. The molecule has 5 N–H and O–H groups in total. The first-order valence-corrected chi connectivity index (χ1v) is 25.7. The molecule has 3 aromatic heterocycles. The van der Waals surface area contributed by atoms with Crippen molar-refractivity contribution in [1.29, 1.82) is 0 Å². The number of ether oxygens (including phenoxy) is 1. The monoisotopic (exact) mass is 970 g/mol. The van der Waals surface area contributed by atoms with Gasteiger partial charge in [0.05, 0.1) is 55.5 Å². The van der Waals surface area contributed by atoms with E-state index < -0.39 is 11.9 Å². The molecule has 8 heterocycles. The summed E-state index contributed by atoms with van der Waals surface area (Å²) in [5.74, 6) is 0.491. The number of aromatic nitrogens is 4. The summed E-state index contributed by atoms with van der Waals surface area (Å²) < 4.78 is 7.89. The minimum absolute atomic E-state index is 0.00798. The molecule has 1 aromatic carbocycles. The number of aliphatic hydroxyl groups excluding tert-OH is 1. The lowest BCUT2D eigenvalue weighted by Gasteiger charge is -2.48. The summed E-state index contributed by atoms with van der Waals surface area (Å²) in [6, 6.07) is 12.7. The van der Waals surface area contributed by atoms with E-state index in [1.807, 2.05) is 34.2 Å². The van der Waals surface area contributed by atoms with E-state index in [0.29, 0.717) is 55.0 Å². The van der Waals surface area contributed by atoms with Gasteiger partial charge in [0.15, 0.2) is 11.5 Å². The number of rotatable bonds is 12. The van der Waals surface area contributed by atoms with Crippen LogP contribution in [0.25, 0.3) is 0 Å². The van der Waals surface area contributed by atoms with Crippen molar-refractivity contribution in [1.82, 2.24) is 29.3 Å². The number of carbonyl (C=O) groups is 3. The highest BCUT2D eigenvalue weighted by Crippen LogP contribution is 2.41. The SMILES string of the molecule is C=CC(=O)Nc1cc(Nc2nc(N3CCCC(N4CCn5c(cc6c5CC(C)(C)C6)C4=O)C3CO)cnc2C(N)=O)ccc1N1CCN(C2CCN(c3ccnc(N4CCOC[C@@H]4C)c3)[C@H](C)C2)C[C@@H]1C. The highest BCUT2D eigenvalue weighted by atomic mass is 16.5. The van der Waals surface area contributed by atoms with E-state index in [1.165, 1.54) is 29.2 Å². The number of pyridine rings is 1. The van der Waals surface area contributed by atoms with Gasteiger partial charge in [0.1, 0.15) is 17.3 Å². The molecule has 0 spiro atoms. The molecule has 10 rings (SSSR count). The van der Waals surface area contributed by atoms with Gasteiger partial charge in [0.2, 0.25) is 5.91 Å². The molecular formula is C53H71N13O5. The maximum absolute atomic E-state index is 14.2. The summed E-state index contributed by atoms with van der Waals surface area (Å²) in [7, 11) is 0. The zero-order chi connectivity index (χ0) is 49.7. The lowest BCUT2D eigenvalue weighted by Crippen LogP contribution is -2.60. The van der Waals surface area contributed by atoms with Gasteiger partial charge in [-0.15, -0.1) is 0 Å². The van der Waals surface area contributed by atoms with E-state index in [1.54, 1.807) is 0 Å². The van der Waals surface area contributed by atoms with Crippen molar-refractivity contribution in [2.24, 2.45) is 11.1 Å². The zero-order valence-electron chi connectivity index (χ0n) is 42.0. The van der Waals surface area contributed by atoms with Crippen LogP contribution in [0.2, 0.25) is 0 Å². The largest absolute Gasteiger partial charge is 0.394 e. The lowest BCUT2D eigenvalue weighted by atomic mass is 9.90. The Kier molecular flexibility index (Phi) is 13.5.